The molecular formula is C9H17O. The van der Waals surface area contributed by atoms with Crippen molar-refractivity contribution in [1.29, 1.82) is 0 Å². The molecule has 1 radical (unpaired) electrons. The van der Waals surface area contributed by atoms with E-state index in [4.69, 9.17) is 4.74 Å². The van der Waals surface area contributed by atoms with Gasteiger partial charge in [-0.1, -0.05) is 13.3 Å². The molecule has 1 fully saturated rings. The maximum Gasteiger partial charge on any atom is 0.0630 e. The first-order valence-electron chi connectivity index (χ1n) is 4.11. The molecule has 1 nitrogen and oxygen atoms in total. The zero-order chi connectivity index (χ0) is 7.61. The van der Waals surface area contributed by atoms with Crippen LogP contribution in [-0.2, 0) is 4.74 Å². The molecule has 1 saturated carbocycles. The molecule has 0 aliphatic heterocycles. The minimum Gasteiger partial charge on any atom is -0.372 e. The first-order valence-corrected chi connectivity index (χ1v) is 4.11. The largest absolute Gasteiger partial charge is 0.372 e. The Hall–Kier alpha value is -0.0400. The second-order valence-electron chi connectivity index (χ2n) is 3.68. The lowest BCUT2D eigenvalue weighted by atomic mass is 10.0. The van der Waals surface area contributed by atoms with Gasteiger partial charge in [0.2, 0.25) is 0 Å². The highest BCUT2D eigenvalue weighted by Gasteiger charge is 2.29. The molecule has 10 heavy (non-hydrogen) atoms. The van der Waals surface area contributed by atoms with Crippen molar-refractivity contribution in [3.05, 3.63) is 6.92 Å². The van der Waals surface area contributed by atoms with E-state index in [2.05, 4.69) is 20.8 Å². The molecule has 0 saturated heterocycles. The third kappa shape index (κ3) is 2.70. The summed E-state index contributed by atoms with van der Waals surface area (Å²) in [5.41, 5.74) is 0.0723. The van der Waals surface area contributed by atoms with Crippen LogP contribution in [0.25, 0.3) is 0 Å². The van der Waals surface area contributed by atoms with Crippen molar-refractivity contribution in [3.8, 4) is 0 Å². The molecule has 0 aromatic carbocycles. The standard InChI is InChI=1S/C9H17O/c1-4-7-9(2,3)10-8-5-6-8/h8H,1,4-7H2,2-3H3. The van der Waals surface area contributed by atoms with Crippen molar-refractivity contribution in [3.63, 3.8) is 0 Å². The first kappa shape index (κ1) is 8.06. The molecule has 1 rings (SSSR count). The van der Waals surface area contributed by atoms with E-state index < -0.39 is 0 Å². The van der Waals surface area contributed by atoms with E-state index in [9.17, 15) is 0 Å². The Balaban J connectivity index is 2.19. The Morgan fingerprint density at radius 2 is 2.10 bits per heavy atom. The van der Waals surface area contributed by atoms with Gasteiger partial charge in [0.1, 0.15) is 0 Å². The Morgan fingerprint density at radius 1 is 1.50 bits per heavy atom. The van der Waals surface area contributed by atoms with Gasteiger partial charge in [-0.15, -0.1) is 0 Å². The van der Waals surface area contributed by atoms with Crippen LogP contribution in [0.5, 0.6) is 0 Å². The number of rotatable bonds is 4. The summed E-state index contributed by atoms with van der Waals surface area (Å²) in [4.78, 5) is 0. The molecule has 1 heteroatoms. The lowest BCUT2D eigenvalue weighted by Gasteiger charge is -2.24. The van der Waals surface area contributed by atoms with Gasteiger partial charge in [0.25, 0.3) is 0 Å². The van der Waals surface area contributed by atoms with Gasteiger partial charge in [0.05, 0.1) is 11.7 Å². The van der Waals surface area contributed by atoms with Crippen LogP contribution in [0.4, 0.5) is 0 Å². The topological polar surface area (TPSA) is 9.23 Å². The fraction of sp³-hybridized carbons (Fsp3) is 0.889. The van der Waals surface area contributed by atoms with Crippen molar-refractivity contribution in [1.82, 2.24) is 0 Å². The number of ether oxygens (including phenoxy) is 1. The van der Waals surface area contributed by atoms with Crippen LogP contribution in [0.15, 0.2) is 0 Å². The van der Waals surface area contributed by atoms with Gasteiger partial charge in [-0.25, -0.2) is 0 Å². The number of hydrogen-bond acceptors (Lipinski definition) is 1. The van der Waals surface area contributed by atoms with Gasteiger partial charge >= 0.3 is 0 Å². The van der Waals surface area contributed by atoms with E-state index in [-0.39, 0.29) is 5.60 Å². The Bertz CT molecular complexity index is 103. The first-order chi connectivity index (χ1) is 4.64. The summed E-state index contributed by atoms with van der Waals surface area (Å²) in [6.07, 6.45) is 5.14. The average molecular weight is 141 g/mol. The highest BCUT2D eigenvalue weighted by atomic mass is 16.5. The molecule has 1 aliphatic carbocycles. The van der Waals surface area contributed by atoms with E-state index in [1.54, 1.807) is 0 Å². The molecule has 0 atom stereocenters. The van der Waals surface area contributed by atoms with Crippen molar-refractivity contribution in [2.24, 2.45) is 0 Å². The average Bonchev–Trinajstić information content (AvgIpc) is 2.48. The zero-order valence-electron chi connectivity index (χ0n) is 7.02. The van der Waals surface area contributed by atoms with E-state index in [1.165, 1.54) is 12.8 Å². The van der Waals surface area contributed by atoms with Gasteiger partial charge in [-0.3, -0.25) is 0 Å². The summed E-state index contributed by atoms with van der Waals surface area (Å²) >= 11 is 0. The van der Waals surface area contributed by atoms with Crippen molar-refractivity contribution >= 4 is 0 Å². The molecule has 59 valence electrons. The second kappa shape index (κ2) is 2.91. The van der Waals surface area contributed by atoms with Crippen molar-refractivity contribution in [2.45, 2.75) is 51.2 Å². The smallest absolute Gasteiger partial charge is 0.0630 e. The quantitative estimate of drug-likeness (QED) is 0.584. The van der Waals surface area contributed by atoms with Crippen LogP contribution in [-0.4, -0.2) is 11.7 Å². The van der Waals surface area contributed by atoms with Gasteiger partial charge in [0.15, 0.2) is 0 Å². The highest BCUT2D eigenvalue weighted by molar-refractivity contribution is 4.79. The van der Waals surface area contributed by atoms with E-state index >= 15 is 0 Å². The third-order valence-corrected chi connectivity index (χ3v) is 1.79. The molecule has 0 amide bonds. The summed E-state index contributed by atoms with van der Waals surface area (Å²) in [6.45, 7) is 8.12. The molecule has 1 aliphatic rings. The molecule has 0 aromatic rings. The lowest BCUT2D eigenvalue weighted by molar-refractivity contribution is -0.0344. The monoisotopic (exact) mass is 141 g/mol. The van der Waals surface area contributed by atoms with Crippen LogP contribution in [0.3, 0.4) is 0 Å². The molecular weight excluding hydrogens is 124 g/mol. The normalized spacial score (nSPS) is 19.5. The number of hydrogen-bond donors (Lipinski definition) is 0. The molecule has 0 unspecified atom stereocenters. The molecule has 0 aromatic heterocycles. The van der Waals surface area contributed by atoms with Crippen LogP contribution >= 0.6 is 0 Å². The summed E-state index contributed by atoms with van der Waals surface area (Å²) in [7, 11) is 0. The highest BCUT2D eigenvalue weighted by Crippen LogP contribution is 2.30. The molecule has 0 bridgehead atoms. The summed E-state index contributed by atoms with van der Waals surface area (Å²) in [6, 6.07) is 0. The predicted octanol–water partition coefficient (Wildman–Crippen LogP) is 2.56. The fourth-order valence-electron chi connectivity index (χ4n) is 1.12. The van der Waals surface area contributed by atoms with Crippen LogP contribution in [0, 0.1) is 6.92 Å². The van der Waals surface area contributed by atoms with Gasteiger partial charge < -0.3 is 4.74 Å². The fourth-order valence-corrected chi connectivity index (χ4v) is 1.12. The van der Waals surface area contributed by atoms with E-state index in [1.807, 2.05) is 0 Å². The van der Waals surface area contributed by atoms with Crippen molar-refractivity contribution < 1.29 is 4.74 Å². The van der Waals surface area contributed by atoms with Gasteiger partial charge in [-0.2, -0.15) is 0 Å². The Morgan fingerprint density at radius 3 is 2.50 bits per heavy atom. The van der Waals surface area contributed by atoms with Gasteiger partial charge in [0, 0.05) is 0 Å². The summed E-state index contributed by atoms with van der Waals surface area (Å²) < 4.78 is 5.75. The molecule has 0 spiro atoms. The van der Waals surface area contributed by atoms with Crippen LogP contribution in [0.2, 0.25) is 0 Å². The maximum absolute atomic E-state index is 5.75. The molecule has 0 N–H and O–H groups in total. The Kier molecular flexibility index (Phi) is 2.35. The minimum absolute atomic E-state index is 0.0723. The van der Waals surface area contributed by atoms with Crippen LogP contribution < -0.4 is 0 Å². The SMILES string of the molecule is [CH2]CCC(C)(C)OC1CC1. The van der Waals surface area contributed by atoms with E-state index in [0.29, 0.717) is 6.10 Å². The summed E-state index contributed by atoms with van der Waals surface area (Å²) in [5.74, 6) is 0. The molecule has 0 heterocycles. The van der Waals surface area contributed by atoms with Gasteiger partial charge in [-0.05, 0) is 33.1 Å². The predicted molar refractivity (Wildman–Crippen MR) is 42.8 cm³/mol. The second-order valence-corrected chi connectivity index (χ2v) is 3.68. The Labute approximate surface area is 63.8 Å². The zero-order valence-corrected chi connectivity index (χ0v) is 7.02. The van der Waals surface area contributed by atoms with E-state index in [0.717, 1.165) is 12.8 Å². The minimum atomic E-state index is 0.0723. The van der Waals surface area contributed by atoms with Crippen LogP contribution in [0.1, 0.15) is 39.5 Å². The third-order valence-electron chi connectivity index (χ3n) is 1.79. The lowest BCUT2D eigenvalue weighted by Crippen LogP contribution is -2.24. The van der Waals surface area contributed by atoms with Crippen molar-refractivity contribution in [2.75, 3.05) is 0 Å². The summed E-state index contributed by atoms with van der Waals surface area (Å²) in [5, 5.41) is 0. The maximum atomic E-state index is 5.75.